The zero-order valence-corrected chi connectivity index (χ0v) is 12.3. The van der Waals surface area contributed by atoms with E-state index in [1.165, 1.54) is 0 Å². The Bertz CT molecular complexity index is 202. The molecular formula is C10H24F2NPSi. The molecule has 0 aromatic heterocycles. The number of hydrogen-bond donors (Lipinski definition) is 0. The van der Waals surface area contributed by atoms with Crippen molar-refractivity contribution in [2.75, 3.05) is 18.5 Å². The SMILES string of the molecule is CCCP(CCC)(CCC)=N[Si](C)(F)F. The molecule has 0 N–H and O–H groups in total. The zero-order valence-electron chi connectivity index (χ0n) is 10.4. The summed E-state index contributed by atoms with van der Waals surface area (Å²) in [5.41, 5.74) is 0. The van der Waals surface area contributed by atoms with E-state index in [0.717, 1.165) is 44.3 Å². The van der Waals surface area contributed by atoms with Crippen LogP contribution in [0.15, 0.2) is 4.41 Å². The molecule has 0 saturated heterocycles. The van der Waals surface area contributed by atoms with Crippen molar-refractivity contribution in [1.82, 2.24) is 0 Å². The molecule has 0 aliphatic heterocycles. The Hall–Kier alpha value is 0.307. The summed E-state index contributed by atoms with van der Waals surface area (Å²) in [6.45, 7) is 7.28. The molecule has 0 spiro atoms. The molecule has 1 nitrogen and oxygen atoms in total. The predicted octanol–water partition coefficient (Wildman–Crippen LogP) is 4.93. The molecule has 0 radical (unpaired) electrons. The van der Waals surface area contributed by atoms with Gasteiger partial charge >= 0.3 is 8.90 Å². The van der Waals surface area contributed by atoms with E-state index in [0.29, 0.717) is 0 Å². The highest BCUT2D eigenvalue weighted by Crippen LogP contribution is 2.52. The van der Waals surface area contributed by atoms with E-state index >= 15 is 0 Å². The number of halogens is 2. The fraction of sp³-hybridized carbons (Fsp3) is 1.00. The van der Waals surface area contributed by atoms with Crippen LogP contribution in [-0.2, 0) is 0 Å². The van der Waals surface area contributed by atoms with Crippen molar-refractivity contribution in [1.29, 1.82) is 0 Å². The first-order valence-electron chi connectivity index (χ1n) is 5.87. The maximum Gasteiger partial charge on any atom is 0.550 e. The van der Waals surface area contributed by atoms with E-state index in [9.17, 15) is 8.22 Å². The third kappa shape index (κ3) is 6.47. The van der Waals surface area contributed by atoms with Crippen LogP contribution in [0, 0.1) is 0 Å². The quantitative estimate of drug-likeness (QED) is 0.347. The van der Waals surface area contributed by atoms with E-state index in [4.69, 9.17) is 0 Å². The summed E-state index contributed by atoms with van der Waals surface area (Å²) in [4.78, 5) is 0. The molecule has 5 heteroatoms. The summed E-state index contributed by atoms with van der Waals surface area (Å²) >= 11 is 0. The molecule has 0 heterocycles. The Labute approximate surface area is 94.2 Å². The molecule has 0 aromatic rings. The summed E-state index contributed by atoms with van der Waals surface area (Å²) < 4.78 is 30.4. The van der Waals surface area contributed by atoms with E-state index in [1.54, 1.807) is 0 Å². The van der Waals surface area contributed by atoms with Crippen LogP contribution in [0.4, 0.5) is 8.22 Å². The molecule has 0 unspecified atom stereocenters. The third-order valence-corrected chi connectivity index (χ3v) is 9.25. The minimum absolute atomic E-state index is 0.922. The molecule has 0 aliphatic rings. The van der Waals surface area contributed by atoms with Gasteiger partial charge in [0.2, 0.25) is 0 Å². The molecule has 0 fully saturated rings. The van der Waals surface area contributed by atoms with Crippen LogP contribution in [0.2, 0.25) is 6.55 Å². The smallest absolute Gasteiger partial charge is 0.278 e. The van der Waals surface area contributed by atoms with Gasteiger partial charge in [0.1, 0.15) is 0 Å². The lowest BCUT2D eigenvalue weighted by Crippen LogP contribution is -2.15. The average molecular weight is 255 g/mol. The molecule has 92 valence electrons. The van der Waals surface area contributed by atoms with E-state index in [2.05, 4.69) is 25.2 Å². The van der Waals surface area contributed by atoms with Gasteiger partial charge in [0, 0.05) is 6.55 Å². The largest absolute Gasteiger partial charge is 0.550 e. The van der Waals surface area contributed by atoms with Crippen LogP contribution in [0.5, 0.6) is 0 Å². The Morgan fingerprint density at radius 2 is 1.27 bits per heavy atom. The van der Waals surface area contributed by atoms with Crippen LogP contribution in [0.1, 0.15) is 40.0 Å². The van der Waals surface area contributed by atoms with Crippen molar-refractivity contribution in [3.05, 3.63) is 0 Å². The van der Waals surface area contributed by atoms with Crippen LogP contribution in [-0.4, -0.2) is 27.4 Å². The van der Waals surface area contributed by atoms with Gasteiger partial charge in [-0.1, -0.05) is 40.0 Å². The third-order valence-electron chi connectivity index (χ3n) is 2.31. The lowest BCUT2D eigenvalue weighted by molar-refractivity contribution is 0.618. The molecule has 0 bridgehead atoms. The lowest BCUT2D eigenvalue weighted by atomic mass is 10.6. The second-order valence-electron chi connectivity index (χ2n) is 4.21. The van der Waals surface area contributed by atoms with Gasteiger partial charge in [0.05, 0.1) is 0 Å². The maximum atomic E-state index is 13.2. The molecule has 0 aromatic carbocycles. The van der Waals surface area contributed by atoms with Gasteiger partial charge in [-0.3, -0.25) is 4.41 Å². The minimum Gasteiger partial charge on any atom is -0.278 e. The van der Waals surface area contributed by atoms with Gasteiger partial charge in [-0.05, 0) is 25.5 Å². The highest BCUT2D eigenvalue weighted by atomic mass is 31.2. The second-order valence-corrected chi connectivity index (χ2v) is 10.2. The second kappa shape index (κ2) is 6.80. The van der Waals surface area contributed by atoms with Crippen molar-refractivity contribution in [2.45, 2.75) is 46.6 Å². The van der Waals surface area contributed by atoms with E-state index < -0.39 is 16.0 Å². The monoisotopic (exact) mass is 255 g/mol. The first kappa shape index (κ1) is 15.3. The van der Waals surface area contributed by atoms with Crippen LogP contribution >= 0.6 is 7.05 Å². The Balaban J connectivity index is 5.00. The highest BCUT2D eigenvalue weighted by Gasteiger charge is 2.31. The Morgan fingerprint density at radius 3 is 1.47 bits per heavy atom. The molecule has 0 atom stereocenters. The van der Waals surface area contributed by atoms with Crippen molar-refractivity contribution in [2.24, 2.45) is 4.41 Å². The summed E-state index contributed by atoms with van der Waals surface area (Å²) in [7, 11) is -5.91. The van der Waals surface area contributed by atoms with Crippen LogP contribution in [0.25, 0.3) is 0 Å². The standard InChI is InChI=1S/C10H24F2NPSi/c1-5-8-14(9-6-2,10-7-3)13-15(4,11)12/h5-10H2,1-4H3. The first-order valence-corrected chi connectivity index (χ1v) is 10.4. The van der Waals surface area contributed by atoms with E-state index in [1.807, 2.05) is 0 Å². The van der Waals surface area contributed by atoms with Gasteiger partial charge in [-0.2, -0.15) is 0 Å². The van der Waals surface area contributed by atoms with Gasteiger partial charge in [-0.15, -0.1) is 0 Å². The van der Waals surface area contributed by atoms with Crippen molar-refractivity contribution in [3.63, 3.8) is 0 Å². The minimum atomic E-state index is -4.23. The van der Waals surface area contributed by atoms with Crippen molar-refractivity contribution < 1.29 is 8.22 Å². The fourth-order valence-electron chi connectivity index (χ4n) is 2.11. The fourth-order valence-corrected chi connectivity index (χ4v) is 9.45. The summed E-state index contributed by atoms with van der Waals surface area (Å²) in [5, 5.41) is 0. The first-order chi connectivity index (χ1) is 6.89. The summed E-state index contributed by atoms with van der Waals surface area (Å²) in [5.74, 6) is 0. The normalized spacial score (nSPS) is 12.9. The van der Waals surface area contributed by atoms with Crippen LogP contribution in [0.3, 0.4) is 0 Å². The summed E-state index contributed by atoms with van der Waals surface area (Å²) in [6.07, 6.45) is 5.73. The number of rotatable bonds is 7. The van der Waals surface area contributed by atoms with Gasteiger partial charge < -0.3 is 0 Å². The number of hydrogen-bond acceptors (Lipinski definition) is 1. The van der Waals surface area contributed by atoms with Crippen molar-refractivity contribution >= 4 is 16.0 Å². The van der Waals surface area contributed by atoms with E-state index in [-0.39, 0.29) is 0 Å². The molecule has 0 amide bonds. The summed E-state index contributed by atoms with van der Waals surface area (Å²) in [6, 6.07) is 0. The molecular weight excluding hydrogens is 231 g/mol. The highest BCUT2D eigenvalue weighted by molar-refractivity contribution is 7.67. The zero-order chi connectivity index (χ0) is 11.9. The average Bonchev–Trinajstić information content (AvgIpc) is 2.01. The van der Waals surface area contributed by atoms with Crippen LogP contribution < -0.4 is 0 Å². The number of nitrogens with zero attached hydrogens (tertiary/aromatic N) is 1. The lowest BCUT2D eigenvalue weighted by Gasteiger charge is -2.25. The topological polar surface area (TPSA) is 12.4 Å². The van der Waals surface area contributed by atoms with Crippen molar-refractivity contribution in [3.8, 4) is 0 Å². The van der Waals surface area contributed by atoms with Gasteiger partial charge in [0.15, 0.2) is 0 Å². The predicted molar refractivity (Wildman–Crippen MR) is 68.7 cm³/mol. The Kier molecular flexibility index (Phi) is 6.94. The van der Waals surface area contributed by atoms with Gasteiger partial charge in [-0.25, -0.2) is 8.22 Å². The molecule has 0 saturated carbocycles. The molecule has 15 heavy (non-hydrogen) atoms. The maximum absolute atomic E-state index is 13.2. The molecule has 0 aliphatic carbocycles. The van der Waals surface area contributed by atoms with Gasteiger partial charge in [0.25, 0.3) is 0 Å². The molecule has 0 rings (SSSR count). The Morgan fingerprint density at radius 1 is 0.933 bits per heavy atom.